The average Bonchev–Trinajstić information content (AvgIpc) is 3.27. The molecule has 0 bridgehead atoms. The number of amides is 1. The quantitative estimate of drug-likeness (QED) is 0.459. The van der Waals surface area contributed by atoms with Crippen molar-refractivity contribution >= 4 is 11.9 Å². The number of pyridine rings is 1. The number of nitrogens with zero attached hydrogens (tertiary/aromatic N) is 2. The number of aliphatic carboxylic acids is 1. The van der Waals surface area contributed by atoms with Crippen molar-refractivity contribution in [2.24, 2.45) is 11.3 Å². The maximum absolute atomic E-state index is 14.1. The highest BCUT2D eigenvalue weighted by atomic mass is 19.4. The molecular weight excluding hydrogens is 541 g/mol. The number of methoxy groups -OCH3 is 1. The number of hydrogen-bond acceptors (Lipinski definition) is 6. The zero-order valence-corrected chi connectivity index (χ0v) is 23.9. The van der Waals surface area contributed by atoms with Gasteiger partial charge in [0.05, 0.1) is 31.4 Å². The van der Waals surface area contributed by atoms with E-state index in [1.54, 1.807) is 6.07 Å². The molecule has 1 N–H and O–H groups in total. The number of carbonyl (C=O) groups excluding carboxylic acids is 1. The van der Waals surface area contributed by atoms with Gasteiger partial charge in [0.2, 0.25) is 5.88 Å². The smallest absolute Gasteiger partial charge is 0.417 e. The summed E-state index contributed by atoms with van der Waals surface area (Å²) in [6.07, 6.45) is -3.54. The number of rotatable bonds is 7. The van der Waals surface area contributed by atoms with Crippen LogP contribution < -0.4 is 4.74 Å². The SMILES string of the molecule is COc1ncc(C(F)(F)F)cc1COC1C(c2ccccc2C)N(C(=O)[C@@H]2CCCCO2)C(C(=O)O)C1C(C)(C)C. The first-order valence-corrected chi connectivity index (χ1v) is 13.7. The summed E-state index contributed by atoms with van der Waals surface area (Å²) in [5, 5.41) is 10.6. The van der Waals surface area contributed by atoms with Crippen molar-refractivity contribution in [1.82, 2.24) is 9.88 Å². The van der Waals surface area contributed by atoms with Crippen LogP contribution in [0.15, 0.2) is 36.5 Å². The largest absolute Gasteiger partial charge is 0.481 e. The number of hydrogen-bond donors (Lipinski definition) is 1. The van der Waals surface area contributed by atoms with Crippen LogP contribution in [0.25, 0.3) is 0 Å². The summed E-state index contributed by atoms with van der Waals surface area (Å²) >= 11 is 0. The normalized spacial score (nSPS) is 25.3. The van der Waals surface area contributed by atoms with E-state index >= 15 is 0 Å². The Labute approximate surface area is 237 Å². The van der Waals surface area contributed by atoms with E-state index in [2.05, 4.69) is 4.98 Å². The standard InChI is InChI=1S/C30H37F3N2O6/c1-17-10-6-7-11-20(17)23-25(41-16-18-14-19(30(31,32)33)15-34-26(18)39-5)22(29(2,3)4)24(28(37)38)35(23)27(36)21-12-8-9-13-40-21/h6-7,10-11,14-15,21-25H,8-9,12-13,16H2,1-5H3,(H,37,38)/t21-,22?,23?,24?,25?/m0/s1. The van der Waals surface area contributed by atoms with Crippen molar-refractivity contribution < 1.29 is 42.1 Å². The summed E-state index contributed by atoms with van der Waals surface area (Å²) in [7, 11) is 1.30. The van der Waals surface area contributed by atoms with Gasteiger partial charge in [0, 0.05) is 24.3 Å². The van der Waals surface area contributed by atoms with E-state index in [4.69, 9.17) is 14.2 Å². The Morgan fingerprint density at radius 2 is 1.88 bits per heavy atom. The summed E-state index contributed by atoms with van der Waals surface area (Å²) in [5.74, 6) is -2.36. The molecule has 2 aliphatic heterocycles. The first-order valence-electron chi connectivity index (χ1n) is 13.7. The highest BCUT2D eigenvalue weighted by Crippen LogP contribution is 2.51. The van der Waals surface area contributed by atoms with Crippen LogP contribution in [0.3, 0.4) is 0 Å². The number of carboxylic acids is 1. The fourth-order valence-corrected chi connectivity index (χ4v) is 6.06. The summed E-state index contributed by atoms with van der Waals surface area (Å²) in [6, 6.07) is 6.17. The van der Waals surface area contributed by atoms with E-state index < -0.39 is 59.2 Å². The van der Waals surface area contributed by atoms with Crippen molar-refractivity contribution in [3.63, 3.8) is 0 Å². The number of carboxylic acid groups (broad SMARTS) is 1. The minimum Gasteiger partial charge on any atom is -0.481 e. The number of alkyl halides is 3. The van der Waals surface area contributed by atoms with Crippen molar-refractivity contribution in [1.29, 1.82) is 0 Å². The van der Waals surface area contributed by atoms with Gasteiger partial charge in [-0.1, -0.05) is 45.0 Å². The molecule has 5 atom stereocenters. The maximum Gasteiger partial charge on any atom is 0.417 e. The predicted molar refractivity (Wildman–Crippen MR) is 143 cm³/mol. The molecule has 2 saturated heterocycles. The van der Waals surface area contributed by atoms with Crippen LogP contribution >= 0.6 is 0 Å². The third-order valence-corrected chi connectivity index (χ3v) is 7.95. The molecule has 4 unspecified atom stereocenters. The molecule has 224 valence electrons. The van der Waals surface area contributed by atoms with Gasteiger partial charge < -0.3 is 24.2 Å². The lowest BCUT2D eigenvalue weighted by molar-refractivity contribution is -0.159. The number of benzene rings is 1. The van der Waals surface area contributed by atoms with Crippen LogP contribution in [0.4, 0.5) is 13.2 Å². The molecule has 0 saturated carbocycles. The zero-order chi connectivity index (χ0) is 30.1. The minimum absolute atomic E-state index is 0.0333. The molecule has 0 spiro atoms. The van der Waals surface area contributed by atoms with Gasteiger partial charge in [-0.25, -0.2) is 9.78 Å². The second-order valence-electron chi connectivity index (χ2n) is 11.7. The Morgan fingerprint density at radius 1 is 1.17 bits per heavy atom. The van der Waals surface area contributed by atoms with Gasteiger partial charge in [0.25, 0.3) is 5.91 Å². The van der Waals surface area contributed by atoms with E-state index in [1.165, 1.54) is 12.0 Å². The second kappa shape index (κ2) is 12.0. The van der Waals surface area contributed by atoms with Crippen molar-refractivity contribution in [3.05, 3.63) is 58.8 Å². The van der Waals surface area contributed by atoms with Gasteiger partial charge in [0.1, 0.15) is 12.1 Å². The van der Waals surface area contributed by atoms with Gasteiger partial charge in [0.15, 0.2) is 0 Å². The van der Waals surface area contributed by atoms with Crippen LogP contribution in [0.2, 0.25) is 0 Å². The van der Waals surface area contributed by atoms with Crippen LogP contribution in [0.5, 0.6) is 5.88 Å². The third kappa shape index (κ3) is 6.35. The number of halogens is 3. The molecular formula is C30H37F3N2O6. The van der Waals surface area contributed by atoms with Crippen molar-refractivity contribution in [2.75, 3.05) is 13.7 Å². The number of likely N-dealkylation sites (tertiary alicyclic amines) is 1. The monoisotopic (exact) mass is 578 g/mol. The third-order valence-electron chi connectivity index (χ3n) is 7.95. The van der Waals surface area contributed by atoms with E-state index in [0.29, 0.717) is 24.8 Å². The Morgan fingerprint density at radius 3 is 2.44 bits per heavy atom. The van der Waals surface area contributed by atoms with Crippen LogP contribution in [-0.2, 0) is 31.8 Å². The molecule has 41 heavy (non-hydrogen) atoms. The highest BCUT2D eigenvalue weighted by Gasteiger charge is 2.59. The molecule has 1 aromatic heterocycles. The molecule has 0 aliphatic carbocycles. The molecule has 1 aromatic carbocycles. The molecule has 3 heterocycles. The molecule has 1 amide bonds. The summed E-state index contributed by atoms with van der Waals surface area (Å²) in [5.41, 5.74) is -0.0429. The van der Waals surface area contributed by atoms with E-state index in [-0.39, 0.29) is 18.1 Å². The number of aromatic nitrogens is 1. The molecule has 11 heteroatoms. The minimum atomic E-state index is -4.63. The Kier molecular flexibility index (Phi) is 8.98. The van der Waals surface area contributed by atoms with E-state index in [1.807, 2.05) is 45.9 Å². The Bertz CT molecular complexity index is 1260. The summed E-state index contributed by atoms with van der Waals surface area (Å²) in [6.45, 7) is 7.55. The van der Waals surface area contributed by atoms with Gasteiger partial charge in [-0.15, -0.1) is 0 Å². The van der Waals surface area contributed by atoms with Gasteiger partial charge in [-0.3, -0.25) is 4.79 Å². The first kappa shape index (κ1) is 30.8. The lowest BCUT2D eigenvalue weighted by atomic mass is 9.73. The summed E-state index contributed by atoms with van der Waals surface area (Å²) in [4.78, 5) is 32.2. The van der Waals surface area contributed by atoms with Crippen molar-refractivity contribution in [3.8, 4) is 5.88 Å². The summed E-state index contributed by atoms with van der Waals surface area (Å²) < 4.78 is 58.0. The number of aryl methyl sites for hydroxylation is 1. The van der Waals surface area contributed by atoms with Crippen LogP contribution in [0, 0.1) is 18.3 Å². The van der Waals surface area contributed by atoms with E-state index in [9.17, 15) is 27.9 Å². The molecule has 2 fully saturated rings. The second-order valence-corrected chi connectivity index (χ2v) is 11.7. The van der Waals surface area contributed by atoms with Gasteiger partial charge in [-0.2, -0.15) is 13.2 Å². The molecule has 0 radical (unpaired) electrons. The van der Waals surface area contributed by atoms with Crippen LogP contribution in [-0.4, -0.2) is 58.8 Å². The Balaban J connectivity index is 1.84. The fraction of sp³-hybridized carbons (Fsp3) is 0.567. The lowest BCUT2D eigenvalue weighted by Gasteiger charge is -2.35. The predicted octanol–water partition coefficient (Wildman–Crippen LogP) is 5.57. The number of ether oxygens (including phenoxy) is 3. The topological polar surface area (TPSA) is 98.2 Å². The molecule has 2 aliphatic rings. The Hall–Kier alpha value is -3.18. The van der Waals surface area contributed by atoms with Crippen LogP contribution in [0.1, 0.15) is 68.3 Å². The van der Waals surface area contributed by atoms with Gasteiger partial charge >= 0.3 is 12.1 Å². The van der Waals surface area contributed by atoms with E-state index in [0.717, 1.165) is 24.5 Å². The first-order chi connectivity index (χ1) is 19.3. The fourth-order valence-electron chi connectivity index (χ4n) is 6.06. The molecule has 8 nitrogen and oxygen atoms in total. The van der Waals surface area contributed by atoms with Crippen molar-refractivity contribution in [2.45, 2.75) is 84.0 Å². The number of carbonyl (C=O) groups is 2. The maximum atomic E-state index is 14.1. The average molecular weight is 579 g/mol. The highest BCUT2D eigenvalue weighted by molar-refractivity contribution is 5.88. The lowest BCUT2D eigenvalue weighted by Crippen LogP contribution is -2.51. The molecule has 4 rings (SSSR count). The molecule has 2 aromatic rings. The zero-order valence-electron chi connectivity index (χ0n) is 23.9. The van der Waals surface area contributed by atoms with Gasteiger partial charge in [-0.05, 0) is 48.8 Å².